The Kier molecular flexibility index (Phi) is 3.95. The van der Waals surface area contributed by atoms with Crippen LogP contribution in [0, 0.1) is 12.7 Å². The third kappa shape index (κ3) is 3.19. The predicted molar refractivity (Wildman–Crippen MR) is 72.2 cm³/mol. The van der Waals surface area contributed by atoms with Gasteiger partial charge < -0.3 is 4.74 Å². The number of para-hydroxylation sites is 1. The average molecular weight is 258 g/mol. The van der Waals surface area contributed by atoms with Crippen molar-refractivity contribution in [3.05, 3.63) is 65.0 Å². The highest BCUT2D eigenvalue weighted by Gasteiger charge is 2.11. The molecule has 0 saturated carbocycles. The number of carbonyl (C=O) groups is 1. The van der Waals surface area contributed by atoms with E-state index < -0.39 is 0 Å². The molecule has 0 fully saturated rings. The van der Waals surface area contributed by atoms with Gasteiger partial charge in [0.25, 0.3) is 0 Å². The second kappa shape index (κ2) is 5.65. The molecule has 2 aromatic carbocycles. The molecule has 0 aliphatic carbocycles. The van der Waals surface area contributed by atoms with E-state index in [1.807, 2.05) is 18.2 Å². The first-order valence-electron chi connectivity index (χ1n) is 6.02. The summed E-state index contributed by atoms with van der Waals surface area (Å²) < 4.78 is 18.5. The van der Waals surface area contributed by atoms with Crippen LogP contribution in [0.2, 0.25) is 0 Å². The van der Waals surface area contributed by atoms with Crippen molar-refractivity contribution in [2.24, 2.45) is 0 Å². The van der Waals surface area contributed by atoms with Crippen molar-refractivity contribution in [1.82, 2.24) is 0 Å². The van der Waals surface area contributed by atoms with E-state index >= 15 is 0 Å². The Morgan fingerprint density at radius 2 is 1.95 bits per heavy atom. The minimum Gasteiger partial charge on any atom is -0.496 e. The number of hydrogen-bond donors (Lipinski definition) is 0. The van der Waals surface area contributed by atoms with Crippen LogP contribution >= 0.6 is 0 Å². The molecule has 98 valence electrons. The van der Waals surface area contributed by atoms with Crippen LogP contribution < -0.4 is 4.74 Å². The molecule has 0 amide bonds. The van der Waals surface area contributed by atoms with Gasteiger partial charge >= 0.3 is 0 Å². The Hall–Kier alpha value is -2.16. The van der Waals surface area contributed by atoms with E-state index in [4.69, 9.17) is 4.74 Å². The third-order valence-electron chi connectivity index (χ3n) is 2.91. The number of ether oxygens (including phenoxy) is 1. The lowest BCUT2D eigenvalue weighted by molar-refractivity contribution is 0.0991. The highest BCUT2D eigenvalue weighted by Crippen LogP contribution is 2.20. The second-order valence-corrected chi connectivity index (χ2v) is 4.43. The quantitative estimate of drug-likeness (QED) is 0.784. The van der Waals surface area contributed by atoms with Crippen molar-refractivity contribution in [2.45, 2.75) is 13.3 Å². The number of rotatable bonds is 4. The average Bonchev–Trinajstić information content (AvgIpc) is 2.38. The zero-order valence-electron chi connectivity index (χ0n) is 10.9. The number of benzene rings is 2. The topological polar surface area (TPSA) is 26.3 Å². The van der Waals surface area contributed by atoms with Crippen LogP contribution in [0.1, 0.15) is 21.5 Å². The van der Waals surface area contributed by atoms with Gasteiger partial charge in [-0.15, -0.1) is 0 Å². The summed E-state index contributed by atoms with van der Waals surface area (Å²) in [5, 5.41) is 0. The number of hydrogen-bond acceptors (Lipinski definition) is 2. The van der Waals surface area contributed by atoms with Gasteiger partial charge in [0.2, 0.25) is 0 Å². The van der Waals surface area contributed by atoms with Gasteiger partial charge in [0.1, 0.15) is 11.6 Å². The predicted octanol–water partition coefficient (Wildman–Crippen LogP) is 3.57. The van der Waals surface area contributed by atoms with Gasteiger partial charge in [-0.1, -0.05) is 18.2 Å². The molecule has 0 aliphatic heterocycles. The van der Waals surface area contributed by atoms with Gasteiger partial charge in [-0.05, 0) is 36.8 Å². The first kappa shape index (κ1) is 13.3. The molecule has 0 bridgehead atoms. The molecule has 19 heavy (non-hydrogen) atoms. The summed E-state index contributed by atoms with van der Waals surface area (Å²) in [6.07, 6.45) is 0.201. The van der Waals surface area contributed by atoms with Crippen molar-refractivity contribution < 1.29 is 13.9 Å². The van der Waals surface area contributed by atoms with Crippen LogP contribution in [-0.4, -0.2) is 12.9 Å². The van der Waals surface area contributed by atoms with Crippen molar-refractivity contribution in [2.75, 3.05) is 7.11 Å². The van der Waals surface area contributed by atoms with Gasteiger partial charge in [0, 0.05) is 17.5 Å². The number of carbonyl (C=O) groups excluding carboxylic acids is 1. The SMILES string of the molecule is COc1ccccc1CC(=O)c1cc(C)cc(F)c1. The lowest BCUT2D eigenvalue weighted by Gasteiger charge is -2.08. The van der Waals surface area contributed by atoms with Gasteiger partial charge in [0.15, 0.2) is 5.78 Å². The lowest BCUT2D eigenvalue weighted by atomic mass is 10.0. The number of aryl methyl sites for hydroxylation is 1. The van der Waals surface area contributed by atoms with Gasteiger partial charge in [0.05, 0.1) is 7.11 Å². The fourth-order valence-electron chi connectivity index (χ4n) is 2.02. The summed E-state index contributed by atoms with van der Waals surface area (Å²) in [6, 6.07) is 11.7. The molecule has 0 radical (unpaired) electrons. The highest BCUT2D eigenvalue weighted by molar-refractivity contribution is 5.98. The summed E-state index contributed by atoms with van der Waals surface area (Å²) in [4.78, 5) is 12.2. The van der Waals surface area contributed by atoms with Crippen LogP contribution in [0.25, 0.3) is 0 Å². The minimum atomic E-state index is -0.386. The molecule has 0 spiro atoms. The zero-order valence-corrected chi connectivity index (χ0v) is 10.9. The molecule has 0 heterocycles. The van der Waals surface area contributed by atoms with Crippen molar-refractivity contribution in [3.63, 3.8) is 0 Å². The van der Waals surface area contributed by atoms with Gasteiger partial charge in [-0.2, -0.15) is 0 Å². The summed E-state index contributed by atoms with van der Waals surface area (Å²) >= 11 is 0. The molecule has 3 heteroatoms. The maximum Gasteiger partial charge on any atom is 0.167 e. The molecule has 0 atom stereocenters. The van der Waals surface area contributed by atoms with E-state index in [9.17, 15) is 9.18 Å². The normalized spacial score (nSPS) is 10.3. The third-order valence-corrected chi connectivity index (χ3v) is 2.91. The fourth-order valence-corrected chi connectivity index (χ4v) is 2.02. The van der Waals surface area contributed by atoms with Crippen LogP contribution in [0.3, 0.4) is 0 Å². The smallest absolute Gasteiger partial charge is 0.167 e. The lowest BCUT2D eigenvalue weighted by Crippen LogP contribution is -2.05. The van der Waals surface area contributed by atoms with E-state index in [0.717, 1.165) is 11.1 Å². The molecule has 2 aromatic rings. The first-order valence-corrected chi connectivity index (χ1v) is 6.02. The van der Waals surface area contributed by atoms with E-state index in [1.54, 1.807) is 26.2 Å². The molecule has 0 N–H and O–H groups in total. The molecule has 0 aromatic heterocycles. The molecular formula is C16H15FO2. The zero-order chi connectivity index (χ0) is 13.8. The molecule has 2 rings (SSSR count). The summed E-state index contributed by atoms with van der Waals surface area (Å²) in [5.74, 6) is 0.166. The number of methoxy groups -OCH3 is 1. The van der Waals surface area contributed by atoms with E-state index in [-0.39, 0.29) is 18.0 Å². The first-order chi connectivity index (χ1) is 9.10. The standard InChI is InChI=1S/C16H15FO2/c1-11-7-13(9-14(17)8-11)15(18)10-12-5-3-4-6-16(12)19-2/h3-9H,10H2,1-2H3. The maximum absolute atomic E-state index is 13.3. The van der Waals surface area contributed by atoms with Crippen molar-refractivity contribution in [3.8, 4) is 5.75 Å². The summed E-state index contributed by atoms with van der Waals surface area (Å²) in [7, 11) is 1.57. The monoisotopic (exact) mass is 258 g/mol. The number of ketones is 1. The van der Waals surface area contributed by atoms with Crippen molar-refractivity contribution >= 4 is 5.78 Å². The van der Waals surface area contributed by atoms with E-state index in [1.165, 1.54) is 12.1 Å². The molecule has 0 aliphatic rings. The van der Waals surface area contributed by atoms with Crippen LogP contribution in [0.4, 0.5) is 4.39 Å². The Morgan fingerprint density at radius 3 is 2.63 bits per heavy atom. The Morgan fingerprint density at radius 1 is 1.21 bits per heavy atom. The van der Waals surface area contributed by atoms with Gasteiger partial charge in [-0.3, -0.25) is 4.79 Å². The number of Topliss-reactive ketones (excluding diaryl/α,β-unsaturated/α-hetero) is 1. The highest BCUT2D eigenvalue weighted by atomic mass is 19.1. The van der Waals surface area contributed by atoms with Gasteiger partial charge in [-0.25, -0.2) is 4.39 Å². The Balaban J connectivity index is 2.25. The molecule has 0 unspecified atom stereocenters. The Bertz CT molecular complexity index is 585. The maximum atomic E-state index is 13.3. The fraction of sp³-hybridized carbons (Fsp3) is 0.188. The minimum absolute atomic E-state index is 0.118. The van der Waals surface area contributed by atoms with Crippen LogP contribution in [-0.2, 0) is 6.42 Å². The van der Waals surface area contributed by atoms with Crippen LogP contribution in [0.15, 0.2) is 42.5 Å². The molecular weight excluding hydrogens is 243 g/mol. The van der Waals surface area contributed by atoms with Crippen LogP contribution in [0.5, 0.6) is 5.75 Å². The Labute approximate surface area is 111 Å². The largest absolute Gasteiger partial charge is 0.496 e. The summed E-state index contributed by atoms with van der Waals surface area (Å²) in [6.45, 7) is 1.77. The van der Waals surface area contributed by atoms with E-state index in [0.29, 0.717) is 11.3 Å². The second-order valence-electron chi connectivity index (χ2n) is 4.43. The molecule has 0 saturated heterocycles. The van der Waals surface area contributed by atoms with E-state index in [2.05, 4.69) is 0 Å². The van der Waals surface area contributed by atoms with Crippen molar-refractivity contribution in [1.29, 1.82) is 0 Å². The number of halogens is 1. The summed E-state index contributed by atoms with van der Waals surface area (Å²) in [5.41, 5.74) is 1.93. The molecule has 2 nitrogen and oxygen atoms in total.